The van der Waals surface area contributed by atoms with Gasteiger partial charge in [0.25, 0.3) is 0 Å². The minimum absolute atomic E-state index is 0.619. The Morgan fingerprint density at radius 1 is 0.870 bits per heavy atom. The summed E-state index contributed by atoms with van der Waals surface area (Å²) in [6.45, 7) is 6.32. The monoisotopic (exact) mass is 310 g/mol. The standard InChI is InChI=1S/C20H26N2O/c1-2-6-19(7-3-1)17-23-20-10-8-18(9-11-20)16-21-12-15-22-13-4-5-14-22/h1-3,6-11,21H,4-5,12-17H2. The fourth-order valence-electron chi connectivity index (χ4n) is 2.92. The highest BCUT2D eigenvalue weighted by Gasteiger charge is 2.09. The molecule has 1 fully saturated rings. The van der Waals surface area contributed by atoms with Crippen molar-refractivity contribution in [2.24, 2.45) is 0 Å². The van der Waals surface area contributed by atoms with Crippen molar-refractivity contribution in [3.63, 3.8) is 0 Å². The van der Waals surface area contributed by atoms with Crippen LogP contribution >= 0.6 is 0 Å². The summed E-state index contributed by atoms with van der Waals surface area (Å²) in [5.41, 5.74) is 2.50. The van der Waals surface area contributed by atoms with E-state index in [1.807, 2.05) is 18.2 Å². The first-order valence-electron chi connectivity index (χ1n) is 8.59. The van der Waals surface area contributed by atoms with E-state index in [9.17, 15) is 0 Å². The quantitative estimate of drug-likeness (QED) is 0.756. The molecule has 1 N–H and O–H groups in total. The Morgan fingerprint density at radius 2 is 1.61 bits per heavy atom. The van der Waals surface area contributed by atoms with Gasteiger partial charge in [-0.1, -0.05) is 42.5 Å². The highest BCUT2D eigenvalue weighted by atomic mass is 16.5. The van der Waals surface area contributed by atoms with Crippen molar-refractivity contribution in [2.45, 2.75) is 26.0 Å². The molecule has 0 radical (unpaired) electrons. The third-order valence-corrected chi connectivity index (χ3v) is 4.30. The predicted molar refractivity (Wildman–Crippen MR) is 94.6 cm³/mol. The van der Waals surface area contributed by atoms with Crippen LogP contribution in [-0.2, 0) is 13.2 Å². The molecule has 0 saturated carbocycles. The van der Waals surface area contributed by atoms with Crippen LogP contribution in [0.5, 0.6) is 5.75 Å². The average molecular weight is 310 g/mol. The third-order valence-electron chi connectivity index (χ3n) is 4.30. The molecule has 2 aromatic rings. The van der Waals surface area contributed by atoms with Crippen LogP contribution in [-0.4, -0.2) is 31.1 Å². The Hall–Kier alpha value is -1.84. The molecule has 23 heavy (non-hydrogen) atoms. The number of benzene rings is 2. The predicted octanol–water partition coefficient (Wildman–Crippen LogP) is 3.45. The topological polar surface area (TPSA) is 24.5 Å². The Morgan fingerprint density at radius 3 is 2.35 bits per heavy atom. The lowest BCUT2D eigenvalue weighted by Gasteiger charge is -2.14. The van der Waals surface area contributed by atoms with Gasteiger partial charge >= 0.3 is 0 Å². The minimum atomic E-state index is 0.619. The van der Waals surface area contributed by atoms with Crippen molar-refractivity contribution >= 4 is 0 Å². The molecule has 1 aliphatic heterocycles. The van der Waals surface area contributed by atoms with E-state index in [1.54, 1.807) is 0 Å². The zero-order chi connectivity index (χ0) is 15.7. The highest BCUT2D eigenvalue weighted by molar-refractivity contribution is 5.27. The van der Waals surface area contributed by atoms with Crippen molar-refractivity contribution in [2.75, 3.05) is 26.2 Å². The van der Waals surface area contributed by atoms with E-state index in [1.165, 1.54) is 37.1 Å². The summed E-state index contributed by atoms with van der Waals surface area (Å²) in [4.78, 5) is 2.54. The molecule has 3 heteroatoms. The van der Waals surface area contributed by atoms with E-state index in [4.69, 9.17) is 4.74 Å². The second kappa shape index (κ2) is 8.70. The number of nitrogens with one attached hydrogen (secondary N) is 1. The number of ether oxygens (including phenoxy) is 1. The van der Waals surface area contributed by atoms with Gasteiger partial charge in [0.15, 0.2) is 0 Å². The zero-order valence-corrected chi connectivity index (χ0v) is 13.7. The summed E-state index contributed by atoms with van der Waals surface area (Å²) < 4.78 is 5.81. The molecule has 0 bridgehead atoms. The molecule has 3 rings (SSSR count). The van der Waals surface area contributed by atoms with Crippen LogP contribution in [0.4, 0.5) is 0 Å². The lowest BCUT2D eigenvalue weighted by Crippen LogP contribution is -2.29. The van der Waals surface area contributed by atoms with E-state index in [0.717, 1.165) is 25.4 Å². The molecule has 1 aliphatic rings. The van der Waals surface area contributed by atoms with Gasteiger partial charge < -0.3 is 15.0 Å². The molecule has 0 amide bonds. The molecular formula is C20H26N2O. The first kappa shape index (κ1) is 16.0. The summed E-state index contributed by atoms with van der Waals surface area (Å²) >= 11 is 0. The largest absolute Gasteiger partial charge is 0.489 e. The molecule has 1 heterocycles. The van der Waals surface area contributed by atoms with Gasteiger partial charge in [0, 0.05) is 19.6 Å². The maximum atomic E-state index is 5.81. The van der Waals surface area contributed by atoms with Gasteiger partial charge in [0.2, 0.25) is 0 Å². The maximum absolute atomic E-state index is 5.81. The van der Waals surface area contributed by atoms with Gasteiger partial charge in [0.1, 0.15) is 12.4 Å². The number of nitrogens with zero attached hydrogens (tertiary/aromatic N) is 1. The second-order valence-electron chi connectivity index (χ2n) is 6.14. The highest BCUT2D eigenvalue weighted by Crippen LogP contribution is 2.14. The number of rotatable bonds is 8. The van der Waals surface area contributed by atoms with Gasteiger partial charge in [-0.05, 0) is 49.2 Å². The van der Waals surface area contributed by atoms with Gasteiger partial charge in [0.05, 0.1) is 0 Å². The number of hydrogen-bond donors (Lipinski definition) is 1. The Balaban J connectivity index is 1.36. The first-order valence-corrected chi connectivity index (χ1v) is 8.59. The number of likely N-dealkylation sites (tertiary alicyclic amines) is 1. The van der Waals surface area contributed by atoms with Crippen molar-refractivity contribution in [1.29, 1.82) is 0 Å². The van der Waals surface area contributed by atoms with Crippen LogP contribution in [0.1, 0.15) is 24.0 Å². The zero-order valence-electron chi connectivity index (χ0n) is 13.7. The summed E-state index contributed by atoms with van der Waals surface area (Å²) in [7, 11) is 0. The normalized spacial score (nSPS) is 15.0. The van der Waals surface area contributed by atoms with E-state index in [2.05, 4.69) is 46.6 Å². The smallest absolute Gasteiger partial charge is 0.119 e. The van der Waals surface area contributed by atoms with E-state index >= 15 is 0 Å². The third kappa shape index (κ3) is 5.38. The molecule has 0 unspecified atom stereocenters. The van der Waals surface area contributed by atoms with Crippen LogP contribution in [0.3, 0.4) is 0 Å². The molecule has 0 spiro atoms. The number of hydrogen-bond acceptors (Lipinski definition) is 3. The van der Waals surface area contributed by atoms with Crippen molar-refractivity contribution in [3.8, 4) is 5.75 Å². The van der Waals surface area contributed by atoms with Gasteiger partial charge in [-0.3, -0.25) is 0 Å². The molecule has 2 aromatic carbocycles. The van der Waals surface area contributed by atoms with Crippen LogP contribution in [0.2, 0.25) is 0 Å². The Labute approximate surface area is 139 Å². The van der Waals surface area contributed by atoms with Crippen LogP contribution in [0, 0.1) is 0 Å². The molecule has 0 aliphatic carbocycles. The van der Waals surface area contributed by atoms with E-state index in [-0.39, 0.29) is 0 Å². The van der Waals surface area contributed by atoms with Crippen LogP contribution < -0.4 is 10.1 Å². The molecule has 1 saturated heterocycles. The maximum Gasteiger partial charge on any atom is 0.119 e. The minimum Gasteiger partial charge on any atom is -0.489 e. The lowest BCUT2D eigenvalue weighted by molar-refractivity contribution is 0.306. The molecule has 3 nitrogen and oxygen atoms in total. The fourth-order valence-corrected chi connectivity index (χ4v) is 2.92. The van der Waals surface area contributed by atoms with Gasteiger partial charge in [-0.15, -0.1) is 0 Å². The lowest BCUT2D eigenvalue weighted by atomic mass is 10.2. The fraction of sp³-hybridized carbons (Fsp3) is 0.400. The summed E-state index contributed by atoms with van der Waals surface area (Å²) in [5.74, 6) is 0.926. The van der Waals surface area contributed by atoms with Crippen molar-refractivity contribution in [3.05, 3.63) is 65.7 Å². The van der Waals surface area contributed by atoms with Gasteiger partial charge in [-0.25, -0.2) is 0 Å². The van der Waals surface area contributed by atoms with Crippen molar-refractivity contribution in [1.82, 2.24) is 10.2 Å². The summed E-state index contributed by atoms with van der Waals surface area (Å²) in [6, 6.07) is 18.7. The summed E-state index contributed by atoms with van der Waals surface area (Å²) in [6.07, 6.45) is 2.73. The Bertz CT molecular complexity index is 562. The van der Waals surface area contributed by atoms with Crippen LogP contribution in [0.15, 0.2) is 54.6 Å². The van der Waals surface area contributed by atoms with Gasteiger partial charge in [-0.2, -0.15) is 0 Å². The molecular weight excluding hydrogens is 284 g/mol. The summed E-state index contributed by atoms with van der Waals surface area (Å²) in [5, 5.41) is 3.52. The van der Waals surface area contributed by atoms with Crippen molar-refractivity contribution < 1.29 is 4.74 Å². The second-order valence-corrected chi connectivity index (χ2v) is 6.14. The van der Waals surface area contributed by atoms with E-state index < -0.39 is 0 Å². The first-order chi connectivity index (χ1) is 11.4. The Kier molecular flexibility index (Phi) is 6.07. The average Bonchev–Trinajstić information content (AvgIpc) is 3.12. The SMILES string of the molecule is c1ccc(COc2ccc(CNCCN3CCCC3)cc2)cc1. The van der Waals surface area contributed by atoms with Crippen LogP contribution in [0.25, 0.3) is 0 Å². The molecule has 0 aromatic heterocycles. The molecule has 0 atom stereocenters. The van der Waals surface area contributed by atoms with E-state index in [0.29, 0.717) is 6.61 Å². The molecule has 122 valence electrons.